The Bertz CT molecular complexity index is 542. The number of nitrogens with two attached hydrogens (primary N) is 1. The molecule has 0 aliphatic carbocycles. The summed E-state index contributed by atoms with van der Waals surface area (Å²) in [7, 11) is 0. The summed E-state index contributed by atoms with van der Waals surface area (Å²) in [6.45, 7) is 2.01. The van der Waals surface area contributed by atoms with Gasteiger partial charge in [-0.05, 0) is 6.42 Å². The van der Waals surface area contributed by atoms with Crippen LogP contribution in [0.1, 0.15) is 13.3 Å². The van der Waals surface area contributed by atoms with E-state index in [0.29, 0.717) is 17.9 Å². The van der Waals surface area contributed by atoms with E-state index in [4.69, 9.17) is 15.2 Å². The van der Waals surface area contributed by atoms with Crippen molar-refractivity contribution in [2.45, 2.75) is 13.3 Å². The molecule has 1 unspecified atom stereocenters. The first-order valence-corrected chi connectivity index (χ1v) is 6.15. The van der Waals surface area contributed by atoms with Gasteiger partial charge in [-0.3, -0.25) is 14.9 Å². The molecule has 0 bridgehead atoms. The van der Waals surface area contributed by atoms with Crippen LogP contribution in [0.15, 0.2) is 12.1 Å². The van der Waals surface area contributed by atoms with Crippen LogP contribution in [0.5, 0.6) is 11.5 Å². The van der Waals surface area contributed by atoms with Crippen molar-refractivity contribution in [2.24, 2.45) is 11.7 Å². The third kappa shape index (κ3) is 2.64. The second-order valence-electron chi connectivity index (χ2n) is 4.31. The number of ether oxygens (including phenoxy) is 2. The highest BCUT2D eigenvalue weighted by molar-refractivity contribution is 5.95. The molecule has 2 rings (SSSR count). The topological polar surface area (TPSA) is 117 Å². The molecule has 1 aliphatic rings. The van der Waals surface area contributed by atoms with Gasteiger partial charge in [0.25, 0.3) is 5.69 Å². The number of nitrogens with one attached hydrogen (secondary N) is 1. The van der Waals surface area contributed by atoms with Crippen LogP contribution in [0, 0.1) is 16.0 Å². The number of rotatable bonds is 5. The van der Waals surface area contributed by atoms with E-state index < -0.39 is 4.92 Å². The number of hydrogen-bond acceptors (Lipinski definition) is 6. The zero-order chi connectivity index (χ0) is 14.7. The van der Waals surface area contributed by atoms with E-state index in [1.165, 1.54) is 12.1 Å². The van der Waals surface area contributed by atoms with E-state index in [1.807, 2.05) is 6.92 Å². The lowest BCUT2D eigenvalue weighted by atomic mass is 10.1. The Labute approximate surface area is 115 Å². The Morgan fingerprint density at radius 1 is 1.50 bits per heavy atom. The maximum absolute atomic E-state index is 12.0. The van der Waals surface area contributed by atoms with E-state index in [9.17, 15) is 14.9 Å². The van der Waals surface area contributed by atoms with Gasteiger partial charge in [-0.15, -0.1) is 0 Å². The second kappa shape index (κ2) is 5.74. The summed E-state index contributed by atoms with van der Waals surface area (Å²) in [6.07, 6.45) is 0.556. The Morgan fingerprint density at radius 2 is 2.15 bits per heavy atom. The van der Waals surface area contributed by atoms with E-state index in [1.54, 1.807) is 0 Å². The maximum atomic E-state index is 12.0. The van der Waals surface area contributed by atoms with Gasteiger partial charge in [-0.1, -0.05) is 6.92 Å². The molecule has 0 aromatic heterocycles. The fourth-order valence-corrected chi connectivity index (χ4v) is 1.88. The number of carbonyl (C=O) groups is 1. The van der Waals surface area contributed by atoms with Crippen molar-refractivity contribution in [2.75, 3.05) is 18.7 Å². The molecule has 3 N–H and O–H groups in total. The summed E-state index contributed by atoms with van der Waals surface area (Å²) in [5, 5.41) is 13.6. The van der Waals surface area contributed by atoms with Crippen molar-refractivity contribution < 1.29 is 19.2 Å². The average Bonchev–Trinajstić information content (AvgIpc) is 2.86. The van der Waals surface area contributed by atoms with Gasteiger partial charge in [0.15, 0.2) is 11.5 Å². The van der Waals surface area contributed by atoms with E-state index >= 15 is 0 Å². The lowest BCUT2D eigenvalue weighted by Gasteiger charge is -2.13. The maximum Gasteiger partial charge on any atom is 0.296 e. The van der Waals surface area contributed by atoms with Crippen molar-refractivity contribution in [1.29, 1.82) is 0 Å². The number of benzene rings is 1. The van der Waals surface area contributed by atoms with Gasteiger partial charge in [-0.2, -0.15) is 0 Å². The number of anilines is 1. The number of carbonyl (C=O) groups excluding carboxylic acids is 1. The molecule has 0 saturated heterocycles. The highest BCUT2D eigenvalue weighted by Gasteiger charge is 2.25. The molecular formula is C12H15N3O5. The predicted molar refractivity (Wildman–Crippen MR) is 70.7 cm³/mol. The van der Waals surface area contributed by atoms with E-state index in [0.717, 1.165) is 0 Å². The van der Waals surface area contributed by atoms with Gasteiger partial charge in [0.2, 0.25) is 12.7 Å². The largest absolute Gasteiger partial charge is 0.454 e. The van der Waals surface area contributed by atoms with Gasteiger partial charge in [-0.25, -0.2) is 0 Å². The van der Waals surface area contributed by atoms with Gasteiger partial charge in [0, 0.05) is 12.6 Å². The Kier molecular flexibility index (Phi) is 4.04. The van der Waals surface area contributed by atoms with Gasteiger partial charge in [0.05, 0.1) is 16.9 Å². The molecule has 0 spiro atoms. The monoisotopic (exact) mass is 281 g/mol. The summed E-state index contributed by atoms with van der Waals surface area (Å²) in [5.41, 5.74) is 5.33. The standard InChI is InChI=1S/C12H15N3O5/c1-2-7(5-13)12(16)14-8-3-10-11(20-6-19-10)4-9(8)15(17)18/h3-4,7H,2,5-6,13H2,1H3,(H,14,16). The minimum Gasteiger partial charge on any atom is -0.454 e. The molecule has 8 heteroatoms. The number of nitro benzene ring substituents is 1. The molecule has 1 heterocycles. The summed E-state index contributed by atoms with van der Waals surface area (Å²) >= 11 is 0. The lowest BCUT2D eigenvalue weighted by Crippen LogP contribution is -2.28. The zero-order valence-electron chi connectivity index (χ0n) is 10.9. The second-order valence-corrected chi connectivity index (χ2v) is 4.31. The molecule has 0 fully saturated rings. The molecule has 8 nitrogen and oxygen atoms in total. The van der Waals surface area contributed by atoms with Crippen molar-refractivity contribution in [1.82, 2.24) is 0 Å². The molecule has 1 aromatic rings. The van der Waals surface area contributed by atoms with Crippen LogP contribution in [0.2, 0.25) is 0 Å². The van der Waals surface area contributed by atoms with Gasteiger partial charge < -0.3 is 20.5 Å². The molecule has 1 amide bonds. The molecule has 1 atom stereocenters. The fraction of sp³-hybridized carbons (Fsp3) is 0.417. The van der Waals surface area contributed by atoms with Crippen LogP contribution in [0.25, 0.3) is 0 Å². The van der Waals surface area contributed by atoms with Crippen LogP contribution >= 0.6 is 0 Å². The molecular weight excluding hydrogens is 266 g/mol. The van der Waals surface area contributed by atoms with Crippen LogP contribution in [0.3, 0.4) is 0 Å². The minimum absolute atomic E-state index is 0.00424. The van der Waals surface area contributed by atoms with Crippen molar-refractivity contribution in [3.8, 4) is 11.5 Å². The lowest BCUT2D eigenvalue weighted by molar-refractivity contribution is -0.384. The average molecular weight is 281 g/mol. The quantitative estimate of drug-likeness (QED) is 0.619. The number of fused-ring (bicyclic) bond motifs is 1. The number of amides is 1. The molecule has 0 radical (unpaired) electrons. The Hall–Kier alpha value is -2.35. The number of hydrogen-bond donors (Lipinski definition) is 2. The third-order valence-corrected chi connectivity index (χ3v) is 3.09. The molecule has 1 aromatic carbocycles. The number of nitro groups is 1. The first-order chi connectivity index (χ1) is 9.56. The van der Waals surface area contributed by atoms with E-state index in [2.05, 4.69) is 5.32 Å². The van der Waals surface area contributed by atoms with Crippen molar-refractivity contribution in [3.05, 3.63) is 22.2 Å². The normalized spacial score (nSPS) is 13.9. The smallest absolute Gasteiger partial charge is 0.296 e. The third-order valence-electron chi connectivity index (χ3n) is 3.09. The summed E-state index contributed by atoms with van der Waals surface area (Å²) in [6, 6.07) is 2.63. The van der Waals surface area contributed by atoms with Crippen molar-refractivity contribution >= 4 is 17.3 Å². The number of nitrogens with zero attached hydrogens (tertiary/aromatic N) is 1. The van der Waals surface area contributed by atoms with Gasteiger partial charge >= 0.3 is 0 Å². The van der Waals surface area contributed by atoms with Crippen LogP contribution in [0.4, 0.5) is 11.4 Å². The highest BCUT2D eigenvalue weighted by atomic mass is 16.7. The van der Waals surface area contributed by atoms with Gasteiger partial charge in [0.1, 0.15) is 5.69 Å². The molecule has 1 aliphatic heterocycles. The minimum atomic E-state index is -0.582. The van der Waals surface area contributed by atoms with Crippen LogP contribution in [-0.2, 0) is 4.79 Å². The first-order valence-electron chi connectivity index (χ1n) is 6.15. The molecule has 108 valence electrons. The Balaban J connectivity index is 2.31. The molecule has 20 heavy (non-hydrogen) atoms. The van der Waals surface area contributed by atoms with Crippen LogP contribution in [-0.4, -0.2) is 24.2 Å². The first kappa shape index (κ1) is 14.1. The summed E-state index contributed by atoms with van der Waals surface area (Å²) in [5.74, 6) is -0.0794. The van der Waals surface area contributed by atoms with Crippen molar-refractivity contribution in [3.63, 3.8) is 0 Å². The SMILES string of the molecule is CCC(CN)C(=O)Nc1cc2c(cc1[N+](=O)[O-])OCO2. The molecule has 0 saturated carbocycles. The predicted octanol–water partition coefficient (Wildman–Crippen LogP) is 1.25. The van der Waals surface area contributed by atoms with E-state index in [-0.39, 0.29) is 36.5 Å². The fourth-order valence-electron chi connectivity index (χ4n) is 1.88. The Morgan fingerprint density at radius 3 is 2.70 bits per heavy atom. The summed E-state index contributed by atoms with van der Waals surface area (Å²) < 4.78 is 10.2. The summed E-state index contributed by atoms with van der Waals surface area (Å²) in [4.78, 5) is 22.4. The highest BCUT2D eigenvalue weighted by Crippen LogP contribution is 2.40. The van der Waals surface area contributed by atoms with Crippen LogP contribution < -0.4 is 20.5 Å². The zero-order valence-corrected chi connectivity index (χ0v) is 10.9.